The maximum absolute atomic E-state index is 12.7. The number of sulfonamides is 1. The first-order chi connectivity index (χ1) is 10.8. The summed E-state index contributed by atoms with van der Waals surface area (Å²) in [6.45, 7) is 0.173. The first kappa shape index (κ1) is 15.6. The molecular weight excluding hydrogens is 333 g/mol. The van der Waals surface area contributed by atoms with E-state index in [1.807, 2.05) is 0 Å². The first-order valence-electron chi connectivity index (χ1n) is 6.58. The van der Waals surface area contributed by atoms with E-state index in [0.29, 0.717) is 0 Å². The Bertz CT molecular complexity index is 820. The van der Waals surface area contributed by atoms with Crippen LogP contribution in [0, 0.1) is 0 Å². The van der Waals surface area contributed by atoms with Crippen molar-refractivity contribution in [1.82, 2.24) is 4.98 Å². The molecule has 0 fully saturated rings. The van der Waals surface area contributed by atoms with Crippen LogP contribution < -0.4 is 9.04 Å². The summed E-state index contributed by atoms with van der Waals surface area (Å²) in [6, 6.07) is 6.48. The van der Waals surface area contributed by atoms with Gasteiger partial charge in [-0.05, 0) is 36.4 Å². The number of hydrogen-bond donors (Lipinski definition) is 0. The highest BCUT2D eigenvalue weighted by atomic mass is 32.2. The Balaban J connectivity index is 2.00. The number of fused-ring (bicyclic) bond motifs is 1. The van der Waals surface area contributed by atoms with Crippen LogP contribution in [0.25, 0.3) is 0 Å². The molecule has 0 amide bonds. The highest BCUT2D eigenvalue weighted by molar-refractivity contribution is 7.92. The maximum Gasteiger partial charge on any atom is 0.416 e. The average molecular weight is 344 g/mol. The smallest absolute Gasteiger partial charge is 0.416 e. The zero-order valence-electron chi connectivity index (χ0n) is 11.6. The SMILES string of the molecule is O=S(=O)(c1ccc(C(F)(F)F)cc1)N1CCOc2ncccc21. The molecule has 1 aliphatic rings. The van der Waals surface area contributed by atoms with Gasteiger partial charge >= 0.3 is 6.18 Å². The van der Waals surface area contributed by atoms with Crippen molar-refractivity contribution in [3.8, 4) is 5.88 Å². The van der Waals surface area contributed by atoms with Crippen molar-refractivity contribution in [2.75, 3.05) is 17.5 Å². The number of halogens is 3. The van der Waals surface area contributed by atoms with Gasteiger partial charge in [-0.1, -0.05) is 0 Å². The van der Waals surface area contributed by atoms with Gasteiger partial charge in [-0.15, -0.1) is 0 Å². The summed E-state index contributed by atoms with van der Waals surface area (Å²) < 4.78 is 69.5. The van der Waals surface area contributed by atoms with E-state index < -0.39 is 21.8 Å². The summed E-state index contributed by atoms with van der Waals surface area (Å²) in [5.41, 5.74) is -0.640. The topological polar surface area (TPSA) is 59.5 Å². The second-order valence-electron chi connectivity index (χ2n) is 4.78. The number of ether oxygens (including phenoxy) is 1. The predicted molar refractivity (Wildman–Crippen MR) is 75.7 cm³/mol. The zero-order valence-corrected chi connectivity index (χ0v) is 12.4. The molecule has 0 bridgehead atoms. The number of anilines is 1. The molecule has 9 heteroatoms. The molecule has 1 aromatic carbocycles. The molecule has 0 aliphatic carbocycles. The summed E-state index contributed by atoms with van der Waals surface area (Å²) in [6.07, 6.45) is -3.05. The van der Waals surface area contributed by atoms with Crippen LogP contribution in [-0.2, 0) is 16.2 Å². The molecule has 0 N–H and O–H groups in total. The standard InChI is InChI=1S/C14H11F3N2O3S/c15-14(16,17)10-3-5-11(6-4-10)23(20,21)19-8-9-22-13-12(19)2-1-7-18-13/h1-7H,8-9H2. The normalized spacial score (nSPS) is 15.0. The number of nitrogens with zero attached hydrogens (tertiary/aromatic N) is 2. The Morgan fingerprint density at radius 3 is 2.48 bits per heavy atom. The van der Waals surface area contributed by atoms with Gasteiger partial charge in [0.1, 0.15) is 12.3 Å². The lowest BCUT2D eigenvalue weighted by Gasteiger charge is -2.29. The zero-order chi connectivity index (χ0) is 16.7. The van der Waals surface area contributed by atoms with Crippen molar-refractivity contribution in [2.24, 2.45) is 0 Å². The number of alkyl halides is 3. The molecule has 0 saturated carbocycles. The molecule has 122 valence electrons. The highest BCUT2D eigenvalue weighted by Crippen LogP contribution is 2.34. The fourth-order valence-corrected chi connectivity index (χ4v) is 3.67. The number of rotatable bonds is 2. The summed E-state index contributed by atoms with van der Waals surface area (Å²) in [5.74, 6) is 0.175. The third-order valence-corrected chi connectivity index (χ3v) is 5.15. The lowest BCUT2D eigenvalue weighted by molar-refractivity contribution is -0.137. The first-order valence-corrected chi connectivity index (χ1v) is 8.02. The minimum Gasteiger partial charge on any atom is -0.474 e. The van der Waals surface area contributed by atoms with E-state index in [-0.39, 0.29) is 29.6 Å². The summed E-state index contributed by atoms with van der Waals surface area (Å²) in [7, 11) is -3.99. The van der Waals surface area contributed by atoms with Gasteiger partial charge in [0, 0.05) is 6.20 Å². The van der Waals surface area contributed by atoms with E-state index >= 15 is 0 Å². The average Bonchev–Trinajstić information content (AvgIpc) is 2.53. The number of benzene rings is 1. The fourth-order valence-electron chi connectivity index (χ4n) is 2.22. The molecule has 0 unspecified atom stereocenters. The van der Waals surface area contributed by atoms with E-state index in [4.69, 9.17) is 4.74 Å². The predicted octanol–water partition coefficient (Wildman–Crippen LogP) is 2.69. The van der Waals surface area contributed by atoms with Gasteiger partial charge in [-0.25, -0.2) is 13.4 Å². The van der Waals surface area contributed by atoms with Gasteiger partial charge in [0.2, 0.25) is 5.88 Å². The van der Waals surface area contributed by atoms with Crippen LogP contribution in [0.1, 0.15) is 5.56 Å². The number of hydrogen-bond acceptors (Lipinski definition) is 4. The molecule has 0 radical (unpaired) electrons. The van der Waals surface area contributed by atoms with Crippen molar-refractivity contribution in [1.29, 1.82) is 0 Å². The van der Waals surface area contributed by atoms with Crippen LogP contribution in [0.15, 0.2) is 47.5 Å². The van der Waals surface area contributed by atoms with Gasteiger partial charge in [0.05, 0.1) is 17.0 Å². The summed E-state index contributed by atoms with van der Waals surface area (Å²) in [4.78, 5) is 3.73. The monoisotopic (exact) mass is 344 g/mol. The molecule has 5 nitrogen and oxygen atoms in total. The maximum atomic E-state index is 12.7. The molecule has 1 aliphatic heterocycles. The molecule has 0 saturated heterocycles. The minimum absolute atomic E-state index is 0.0576. The molecule has 1 aromatic heterocycles. The Kier molecular flexibility index (Phi) is 3.67. The molecule has 2 heterocycles. The highest BCUT2D eigenvalue weighted by Gasteiger charge is 2.33. The third-order valence-electron chi connectivity index (χ3n) is 3.32. The van der Waals surface area contributed by atoms with Gasteiger partial charge in [-0.3, -0.25) is 4.31 Å². The largest absolute Gasteiger partial charge is 0.474 e. The number of aromatic nitrogens is 1. The lowest BCUT2D eigenvalue weighted by atomic mass is 10.2. The Labute approximate surface area is 130 Å². The van der Waals surface area contributed by atoms with E-state index in [1.165, 1.54) is 12.3 Å². The van der Waals surface area contributed by atoms with Crippen molar-refractivity contribution in [3.05, 3.63) is 48.2 Å². The Morgan fingerprint density at radius 2 is 1.83 bits per heavy atom. The lowest BCUT2D eigenvalue weighted by Crippen LogP contribution is -2.38. The molecule has 23 heavy (non-hydrogen) atoms. The molecule has 0 spiro atoms. The number of pyridine rings is 1. The summed E-state index contributed by atoms with van der Waals surface area (Å²) in [5, 5.41) is 0. The second-order valence-corrected chi connectivity index (χ2v) is 6.64. The molecule has 3 rings (SSSR count). The third kappa shape index (κ3) is 2.83. The van der Waals surface area contributed by atoms with E-state index in [9.17, 15) is 21.6 Å². The van der Waals surface area contributed by atoms with Crippen molar-refractivity contribution in [3.63, 3.8) is 0 Å². The Morgan fingerprint density at radius 1 is 1.13 bits per heavy atom. The van der Waals surface area contributed by atoms with Gasteiger partial charge < -0.3 is 4.74 Å². The van der Waals surface area contributed by atoms with Gasteiger partial charge in [-0.2, -0.15) is 13.2 Å². The van der Waals surface area contributed by atoms with E-state index in [0.717, 1.165) is 28.6 Å². The van der Waals surface area contributed by atoms with Crippen LogP contribution >= 0.6 is 0 Å². The van der Waals surface area contributed by atoms with E-state index in [1.54, 1.807) is 6.07 Å². The van der Waals surface area contributed by atoms with Gasteiger partial charge in [0.25, 0.3) is 10.0 Å². The minimum atomic E-state index is -4.52. The van der Waals surface area contributed by atoms with Crippen LogP contribution in [-0.4, -0.2) is 26.6 Å². The van der Waals surface area contributed by atoms with Crippen molar-refractivity contribution < 1.29 is 26.3 Å². The molecule has 0 atom stereocenters. The van der Waals surface area contributed by atoms with Crippen LogP contribution in [0.5, 0.6) is 5.88 Å². The molecule has 2 aromatic rings. The van der Waals surface area contributed by atoms with Crippen LogP contribution in [0.4, 0.5) is 18.9 Å². The quantitative estimate of drug-likeness (QED) is 0.840. The Hall–Kier alpha value is -2.29. The van der Waals surface area contributed by atoms with Crippen molar-refractivity contribution >= 4 is 15.7 Å². The second kappa shape index (κ2) is 5.41. The van der Waals surface area contributed by atoms with Gasteiger partial charge in [0.15, 0.2) is 0 Å². The van der Waals surface area contributed by atoms with Crippen LogP contribution in [0.2, 0.25) is 0 Å². The fraction of sp³-hybridized carbons (Fsp3) is 0.214. The van der Waals surface area contributed by atoms with E-state index in [2.05, 4.69) is 4.98 Å². The summed E-state index contributed by atoms with van der Waals surface area (Å²) >= 11 is 0. The molecular formula is C14H11F3N2O3S. The van der Waals surface area contributed by atoms with Crippen LogP contribution in [0.3, 0.4) is 0 Å². The van der Waals surface area contributed by atoms with Crippen molar-refractivity contribution in [2.45, 2.75) is 11.1 Å².